The first-order valence-corrected chi connectivity index (χ1v) is 5.98. The largest absolute Gasteiger partial charge is 0.481 e. The maximum absolute atomic E-state index is 10.4. The lowest BCUT2D eigenvalue weighted by molar-refractivity contribution is -0.136. The highest BCUT2D eigenvalue weighted by molar-refractivity contribution is 5.79. The highest BCUT2D eigenvalue weighted by Crippen LogP contribution is 2.23. The van der Waals surface area contributed by atoms with Crippen LogP contribution in [0.3, 0.4) is 0 Å². The molecule has 0 amide bonds. The summed E-state index contributed by atoms with van der Waals surface area (Å²) in [4.78, 5) is 10.4. The molecule has 96 valence electrons. The molecule has 1 aromatic heterocycles. The monoisotopic (exact) mass is 247 g/mol. The molecule has 0 bridgehead atoms. The molecule has 1 aromatic carbocycles. The third-order valence-electron chi connectivity index (χ3n) is 3.00. The molecule has 4 heteroatoms. The van der Waals surface area contributed by atoms with E-state index < -0.39 is 5.97 Å². The number of hydrogen-bond donors (Lipinski definition) is 2. The number of nitrogens with one attached hydrogen (secondary N) is 1. The number of hydrogen-bond acceptors (Lipinski definition) is 3. The lowest BCUT2D eigenvalue weighted by Crippen LogP contribution is -2.17. The number of rotatable bonds is 5. The number of carboxylic acid groups (broad SMARTS) is 1. The zero-order valence-corrected chi connectivity index (χ0v) is 10.6. The summed E-state index contributed by atoms with van der Waals surface area (Å²) in [5, 5.41) is 12.7. The van der Waals surface area contributed by atoms with Crippen molar-refractivity contribution in [3.05, 3.63) is 35.1 Å². The van der Waals surface area contributed by atoms with Crippen LogP contribution in [0.1, 0.15) is 23.3 Å². The van der Waals surface area contributed by atoms with Crippen LogP contribution in [0.2, 0.25) is 0 Å². The molecule has 0 aliphatic rings. The van der Waals surface area contributed by atoms with Gasteiger partial charge in [-0.25, -0.2) is 0 Å². The molecule has 0 saturated carbocycles. The van der Waals surface area contributed by atoms with E-state index in [2.05, 4.69) is 25.2 Å². The van der Waals surface area contributed by atoms with Crippen LogP contribution in [-0.2, 0) is 11.3 Å². The number of carboxylic acids is 1. The summed E-state index contributed by atoms with van der Waals surface area (Å²) in [5.41, 5.74) is 3.34. The van der Waals surface area contributed by atoms with E-state index in [1.807, 2.05) is 12.1 Å². The Hall–Kier alpha value is -1.81. The van der Waals surface area contributed by atoms with Crippen molar-refractivity contribution in [3.63, 3.8) is 0 Å². The fourth-order valence-electron chi connectivity index (χ4n) is 1.85. The fourth-order valence-corrected chi connectivity index (χ4v) is 1.85. The Morgan fingerprint density at radius 1 is 1.28 bits per heavy atom. The van der Waals surface area contributed by atoms with Crippen LogP contribution in [0.15, 0.2) is 22.6 Å². The summed E-state index contributed by atoms with van der Waals surface area (Å²) in [6, 6.07) is 6.13. The maximum Gasteiger partial charge on any atom is 0.304 e. The van der Waals surface area contributed by atoms with E-state index in [1.54, 1.807) is 0 Å². The van der Waals surface area contributed by atoms with Crippen molar-refractivity contribution in [1.29, 1.82) is 0 Å². The minimum Gasteiger partial charge on any atom is -0.481 e. The summed E-state index contributed by atoms with van der Waals surface area (Å²) < 4.78 is 5.70. The first kappa shape index (κ1) is 12.6. The molecule has 0 radical (unpaired) electrons. The van der Waals surface area contributed by atoms with Crippen molar-refractivity contribution in [2.75, 3.05) is 6.54 Å². The topological polar surface area (TPSA) is 62.5 Å². The third-order valence-corrected chi connectivity index (χ3v) is 3.00. The SMILES string of the molecule is Cc1cc2cc(CNCCC(=O)O)oc2cc1C. The van der Waals surface area contributed by atoms with Crippen molar-refractivity contribution in [2.45, 2.75) is 26.8 Å². The third kappa shape index (κ3) is 2.90. The Kier molecular flexibility index (Phi) is 3.67. The van der Waals surface area contributed by atoms with Gasteiger partial charge in [-0.05, 0) is 43.2 Å². The minimum absolute atomic E-state index is 0.123. The predicted octanol–water partition coefficient (Wildman–Crippen LogP) is 2.61. The van der Waals surface area contributed by atoms with Gasteiger partial charge < -0.3 is 14.8 Å². The lowest BCUT2D eigenvalue weighted by atomic mass is 10.1. The molecule has 18 heavy (non-hydrogen) atoms. The van der Waals surface area contributed by atoms with Gasteiger partial charge in [0.05, 0.1) is 13.0 Å². The van der Waals surface area contributed by atoms with Crippen LogP contribution in [0, 0.1) is 13.8 Å². The second kappa shape index (κ2) is 5.23. The Morgan fingerprint density at radius 3 is 2.72 bits per heavy atom. The van der Waals surface area contributed by atoms with Crippen LogP contribution in [-0.4, -0.2) is 17.6 Å². The van der Waals surface area contributed by atoms with Gasteiger partial charge in [-0.2, -0.15) is 0 Å². The van der Waals surface area contributed by atoms with Crippen molar-refractivity contribution in [2.24, 2.45) is 0 Å². The van der Waals surface area contributed by atoms with Crippen molar-refractivity contribution in [3.8, 4) is 0 Å². The van der Waals surface area contributed by atoms with E-state index >= 15 is 0 Å². The van der Waals surface area contributed by atoms with Gasteiger partial charge in [-0.15, -0.1) is 0 Å². The average molecular weight is 247 g/mol. The Labute approximate surface area is 106 Å². The van der Waals surface area contributed by atoms with Gasteiger partial charge in [0.1, 0.15) is 11.3 Å². The quantitative estimate of drug-likeness (QED) is 0.797. The molecule has 0 aliphatic carbocycles. The van der Waals surface area contributed by atoms with Gasteiger partial charge in [0.2, 0.25) is 0 Å². The minimum atomic E-state index is -0.793. The normalized spacial score (nSPS) is 11.0. The van der Waals surface area contributed by atoms with E-state index in [0.29, 0.717) is 13.1 Å². The second-order valence-corrected chi connectivity index (χ2v) is 4.51. The summed E-state index contributed by atoms with van der Waals surface area (Å²) in [5.74, 6) is 0.0405. The molecule has 2 rings (SSSR count). The Bertz CT molecular complexity index is 533. The summed E-state index contributed by atoms with van der Waals surface area (Å²) >= 11 is 0. The van der Waals surface area contributed by atoms with Crippen LogP contribution in [0.4, 0.5) is 0 Å². The Balaban J connectivity index is 2.04. The van der Waals surface area contributed by atoms with E-state index in [9.17, 15) is 4.79 Å². The maximum atomic E-state index is 10.4. The van der Waals surface area contributed by atoms with Gasteiger partial charge >= 0.3 is 5.97 Å². The molecule has 2 N–H and O–H groups in total. The molecular weight excluding hydrogens is 230 g/mol. The zero-order valence-electron chi connectivity index (χ0n) is 10.6. The molecule has 0 saturated heterocycles. The molecule has 0 atom stereocenters. The predicted molar refractivity (Wildman–Crippen MR) is 69.6 cm³/mol. The number of aryl methyl sites for hydroxylation is 2. The summed E-state index contributed by atoms with van der Waals surface area (Å²) in [6.45, 7) is 5.14. The van der Waals surface area contributed by atoms with Gasteiger partial charge in [0.25, 0.3) is 0 Å². The first-order valence-electron chi connectivity index (χ1n) is 5.98. The number of furan rings is 1. The van der Waals surface area contributed by atoms with Crippen LogP contribution in [0.25, 0.3) is 11.0 Å². The summed E-state index contributed by atoms with van der Waals surface area (Å²) in [6.07, 6.45) is 0.123. The van der Waals surface area contributed by atoms with E-state index in [-0.39, 0.29) is 6.42 Å². The van der Waals surface area contributed by atoms with Crippen LogP contribution >= 0.6 is 0 Å². The van der Waals surface area contributed by atoms with Gasteiger partial charge in [-0.3, -0.25) is 4.79 Å². The van der Waals surface area contributed by atoms with E-state index in [4.69, 9.17) is 9.52 Å². The summed E-state index contributed by atoms with van der Waals surface area (Å²) in [7, 11) is 0. The van der Waals surface area contributed by atoms with Gasteiger partial charge in [-0.1, -0.05) is 0 Å². The highest BCUT2D eigenvalue weighted by atomic mass is 16.4. The number of benzene rings is 1. The van der Waals surface area contributed by atoms with Crippen LogP contribution < -0.4 is 5.32 Å². The highest BCUT2D eigenvalue weighted by Gasteiger charge is 2.05. The molecule has 0 aliphatic heterocycles. The van der Waals surface area contributed by atoms with Gasteiger partial charge in [0.15, 0.2) is 0 Å². The lowest BCUT2D eigenvalue weighted by Gasteiger charge is -1.99. The smallest absolute Gasteiger partial charge is 0.304 e. The molecule has 0 fully saturated rings. The van der Waals surface area contributed by atoms with E-state index in [0.717, 1.165) is 16.7 Å². The fraction of sp³-hybridized carbons (Fsp3) is 0.357. The Morgan fingerprint density at radius 2 is 2.00 bits per heavy atom. The second-order valence-electron chi connectivity index (χ2n) is 4.51. The van der Waals surface area contributed by atoms with Crippen molar-refractivity contribution < 1.29 is 14.3 Å². The van der Waals surface area contributed by atoms with Crippen LogP contribution in [0.5, 0.6) is 0 Å². The molecule has 4 nitrogen and oxygen atoms in total. The number of carbonyl (C=O) groups is 1. The van der Waals surface area contributed by atoms with Gasteiger partial charge in [0, 0.05) is 11.9 Å². The van der Waals surface area contributed by atoms with E-state index in [1.165, 1.54) is 11.1 Å². The number of aliphatic carboxylic acids is 1. The molecule has 0 unspecified atom stereocenters. The molecule has 2 aromatic rings. The van der Waals surface area contributed by atoms with Crippen molar-refractivity contribution >= 4 is 16.9 Å². The molecular formula is C14H17NO3. The molecule has 1 heterocycles. The average Bonchev–Trinajstić information content (AvgIpc) is 2.67. The standard InChI is InChI=1S/C14H17NO3/c1-9-5-11-7-12(8-15-4-3-14(16)17)18-13(11)6-10(9)2/h5-7,15H,3-4,8H2,1-2H3,(H,16,17). The first-order chi connectivity index (χ1) is 8.56. The molecule has 0 spiro atoms. The zero-order chi connectivity index (χ0) is 13.1. The number of fused-ring (bicyclic) bond motifs is 1. The van der Waals surface area contributed by atoms with Crippen molar-refractivity contribution in [1.82, 2.24) is 5.32 Å².